The van der Waals surface area contributed by atoms with Gasteiger partial charge in [-0.15, -0.1) is 0 Å². The van der Waals surface area contributed by atoms with Gasteiger partial charge in [0.1, 0.15) is 0 Å². The van der Waals surface area contributed by atoms with Gasteiger partial charge < -0.3 is 0 Å². The van der Waals surface area contributed by atoms with Crippen LogP contribution in [0.3, 0.4) is 0 Å². The predicted molar refractivity (Wildman–Crippen MR) is 194 cm³/mol. The maximum Gasteiger partial charge on any atom is -0.00300 e. The molecule has 43 heavy (non-hydrogen) atoms. The largest absolute Gasteiger partial charge is 0.0984 e. The van der Waals surface area contributed by atoms with E-state index in [2.05, 4.69) is 150 Å². The molecule has 0 heteroatoms. The van der Waals surface area contributed by atoms with Crippen LogP contribution in [0, 0.1) is 0 Å². The molecule has 0 amide bonds. The summed E-state index contributed by atoms with van der Waals surface area (Å²) in [7, 11) is 0. The van der Waals surface area contributed by atoms with E-state index in [4.69, 9.17) is 0 Å². The molecule has 0 nitrogen and oxygen atoms in total. The third kappa shape index (κ3) is 7.44. The molecule has 0 atom stereocenters. The molecule has 0 heterocycles. The van der Waals surface area contributed by atoms with Crippen molar-refractivity contribution in [2.45, 2.75) is 73.1 Å². The maximum atomic E-state index is 4.14. The summed E-state index contributed by atoms with van der Waals surface area (Å²) < 4.78 is 0. The molecular formula is C43H48. The Morgan fingerprint density at radius 1 is 0.674 bits per heavy atom. The fourth-order valence-corrected chi connectivity index (χ4v) is 5.88. The highest BCUT2D eigenvalue weighted by Crippen LogP contribution is 2.39. The summed E-state index contributed by atoms with van der Waals surface area (Å²) in [4.78, 5) is 0. The Morgan fingerprint density at radius 3 is 2.00 bits per heavy atom. The molecule has 0 spiro atoms. The van der Waals surface area contributed by atoms with Crippen molar-refractivity contribution < 1.29 is 0 Å². The normalized spacial score (nSPS) is 11.6. The van der Waals surface area contributed by atoms with Crippen molar-refractivity contribution in [3.63, 3.8) is 0 Å². The lowest BCUT2D eigenvalue weighted by atomic mass is 9.85. The third-order valence-corrected chi connectivity index (χ3v) is 7.62. The number of hydrogen-bond acceptors (Lipinski definition) is 0. The Morgan fingerprint density at radius 2 is 1.30 bits per heavy atom. The molecule has 0 radical (unpaired) electrons. The fourth-order valence-electron chi connectivity index (χ4n) is 5.88. The van der Waals surface area contributed by atoms with Crippen molar-refractivity contribution >= 4 is 22.9 Å². The quantitative estimate of drug-likeness (QED) is 0.192. The van der Waals surface area contributed by atoms with Crippen LogP contribution in [-0.4, -0.2) is 0 Å². The van der Waals surface area contributed by atoms with Crippen LogP contribution in [0.5, 0.6) is 0 Å². The van der Waals surface area contributed by atoms with Crippen LogP contribution in [0.1, 0.15) is 82.6 Å². The molecule has 0 aliphatic heterocycles. The van der Waals surface area contributed by atoms with Crippen molar-refractivity contribution in [2.24, 2.45) is 0 Å². The first-order chi connectivity index (χ1) is 21.1. The summed E-state index contributed by atoms with van der Waals surface area (Å²) in [6.07, 6.45) is 13.6. The van der Waals surface area contributed by atoms with Gasteiger partial charge in [0.25, 0.3) is 0 Å². The first-order valence-electron chi connectivity index (χ1n) is 16.3. The second-order valence-corrected chi connectivity index (χ2v) is 11.4. The highest BCUT2D eigenvalue weighted by atomic mass is 14.2. The fraction of sp³-hybridized carbons (Fsp3) is 0.256. The molecular weight excluding hydrogens is 516 g/mol. The zero-order valence-corrected chi connectivity index (χ0v) is 26.9. The molecule has 0 N–H and O–H groups in total. The van der Waals surface area contributed by atoms with Gasteiger partial charge in [0.15, 0.2) is 0 Å². The van der Waals surface area contributed by atoms with Crippen LogP contribution in [0.4, 0.5) is 0 Å². The van der Waals surface area contributed by atoms with Gasteiger partial charge in [-0.25, -0.2) is 0 Å². The smallest absolute Gasteiger partial charge is 0.00300 e. The molecule has 0 saturated carbocycles. The Hall–Kier alpha value is -4.16. The summed E-state index contributed by atoms with van der Waals surface area (Å²) >= 11 is 0. The minimum Gasteiger partial charge on any atom is -0.0984 e. The van der Waals surface area contributed by atoms with Gasteiger partial charge in [-0.05, 0) is 97.8 Å². The molecule has 0 fully saturated rings. The molecule has 0 aromatic heterocycles. The average molecular weight is 565 g/mol. The van der Waals surface area contributed by atoms with E-state index in [1.54, 1.807) is 0 Å². The topological polar surface area (TPSA) is 0 Å². The molecule has 1 aliphatic rings. The second-order valence-electron chi connectivity index (χ2n) is 11.4. The van der Waals surface area contributed by atoms with E-state index in [9.17, 15) is 0 Å². The molecule has 5 aromatic rings. The Bertz CT molecular complexity index is 1680. The predicted octanol–water partition coefficient (Wildman–Crippen LogP) is 13.2. The molecule has 220 valence electrons. The number of rotatable bonds is 6. The minimum absolute atomic E-state index is 1.07. The Labute approximate surface area is 260 Å². The van der Waals surface area contributed by atoms with E-state index >= 15 is 0 Å². The number of allylic oxidation sites excluding steroid dienone is 1. The zero-order valence-electron chi connectivity index (χ0n) is 26.9. The van der Waals surface area contributed by atoms with Crippen LogP contribution >= 0.6 is 0 Å². The third-order valence-electron chi connectivity index (χ3n) is 7.62. The minimum atomic E-state index is 1.07. The van der Waals surface area contributed by atoms with Gasteiger partial charge >= 0.3 is 0 Å². The van der Waals surface area contributed by atoms with Crippen LogP contribution in [0.15, 0.2) is 110 Å². The van der Waals surface area contributed by atoms with Crippen molar-refractivity contribution in [3.8, 4) is 33.4 Å². The first kappa shape index (κ1) is 31.8. The average Bonchev–Trinajstić information content (AvgIpc) is 3.04. The van der Waals surface area contributed by atoms with Crippen molar-refractivity contribution in [1.82, 2.24) is 0 Å². The lowest BCUT2D eigenvalue weighted by Crippen LogP contribution is -1.98. The van der Waals surface area contributed by atoms with Gasteiger partial charge in [-0.1, -0.05) is 164 Å². The standard InChI is InChI=1S/C37H32.2C3H8/c1-3-12-26-15-11-22-34(33(26)4-2)29-18-9-16-27(23-29)28-17-10-19-32(24-28)37-35-20-7-5-13-30(35)25-31-14-6-8-21-36(31)37;2*1-3-2/h4-5,7-11,13,15-25H,2-3,6,12,14H2,1H3;2*3H2,1-2H3. The molecule has 6 rings (SSSR count). The van der Waals surface area contributed by atoms with Crippen molar-refractivity contribution in [2.75, 3.05) is 0 Å². The molecule has 0 saturated heterocycles. The van der Waals surface area contributed by atoms with Gasteiger partial charge in [0.05, 0.1) is 0 Å². The van der Waals surface area contributed by atoms with E-state index in [1.165, 1.54) is 79.2 Å². The van der Waals surface area contributed by atoms with E-state index in [0.29, 0.717) is 0 Å². The number of fused-ring (bicyclic) bond motifs is 2. The lowest BCUT2D eigenvalue weighted by molar-refractivity contribution is 0.920. The monoisotopic (exact) mass is 564 g/mol. The second kappa shape index (κ2) is 15.9. The SMILES string of the molecule is C=Cc1c(CCC)cccc1-c1cccc(-c2cccc(-c3c4c(cc5ccccc35)CCC=C4)c2)c1.CCC.CCC. The highest BCUT2D eigenvalue weighted by molar-refractivity contribution is 6.02. The van der Waals surface area contributed by atoms with Gasteiger partial charge in [0, 0.05) is 0 Å². The van der Waals surface area contributed by atoms with Crippen LogP contribution in [-0.2, 0) is 12.8 Å². The maximum absolute atomic E-state index is 4.14. The summed E-state index contributed by atoms with van der Waals surface area (Å²) in [5, 5.41) is 2.64. The van der Waals surface area contributed by atoms with Crippen molar-refractivity contribution in [1.29, 1.82) is 0 Å². The molecule has 5 aromatic carbocycles. The van der Waals surface area contributed by atoms with Gasteiger partial charge in [0.2, 0.25) is 0 Å². The molecule has 0 unspecified atom stereocenters. The summed E-state index contributed by atoms with van der Waals surface area (Å²) in [6.45, 7) is 14.9. The number of benzene rings is 5. The van der Waals surface area contributed by atoms with E-state index < -0.39 is 0 Å². The van der Waals surface area contributed by atoms with Crippen LogP contribution in [0.2, 0.25) is 0 Å². The van der Waals surface area contributed by atoms with Gasteiger partial charge in [-0.2, -0.15) is 0 Å². The van der Waals surface area contributed by atoms with E-state index in [1.807, 2.05) is 6.08 Å². The van der Waals surface area contributed by atoms with E-state index in [0.717, 1.165) is 25.7 Å². The van der Waals surface area contributed by atoms with Crippen molar-refractivity contribution in [3.05, 3.63) is 132 Å². The zero-order chi connectivity index (χ0) is 30.6. The molecule has 0 bridgehead atoms. The lowest BCUT2D eigenvalue weighted by Gasteiger charge is -2.19. The summed E-state index contributed by atoms with van der Waals surface area (Å²) in [5.74, 6) is 0. The Balaban J connectivity index is 0.000000653. The van der Waals surface area contributed by atoms with Crippen LogP contribution in [0.25, 0.3) is 56.3 Å². The van der Waals surface area contributed by atoms with Crippen LogP contribution < -0.4 is 0 Å². The first-order valence-corrected chi connectivity index (χ1v) is 16.3. The number of hydrogen-bond donors (Lipinski definition) is 0. The Kier molecular flexibility index (Phi) is 11.7. The summed E-state index contributed by atoms with van der Waals surface area (Å²) in [6, 6.07) is 35.9. The number of aryl methyl sites for hydroxylation is 2. The molecule has 1 aliphatic carbocycles. The van der Waals surface area contributed by atoms with Gasteiger partial charge in [-0.3, -0.25) is 0 Å². The van der Waals surface area contributed by atoms with E-state index in [-0.39, 0.29) is 0 Å². The highest BCUT2D eigenvalue weighted by Gasteiger charge is 2.16. The summed E-state index contributed by atoms with van der Waals surface area (Å²) in [5.41, 5.74) is 13.0.